The molecule has 0 aliphatic carbocycles. The van der Waals surface area contributed by atoms with Crippen molar-refractivity contribution in [2.45, 2.75) is 26.7 Å². The molecule has 0 atom stereocenters. The summed E-state index contributed by atoms with van der Waals surface area (Å²) in [7, 11) is 0. The highest BCUT2D eigenvalue weighted by Gasteiger charge is 2.19. The first kappa shape index (κ1) is 11.1. The van der Waals surface area contributed by atoms with Gasteiger partial charge in [0.25, 0.3) is 0 Å². The van der Waals surface area contributed by atoms with Crippen molar-refractivity contribution in [2.24, 2.45) is 0 Å². The van der Waals surface area contributed by atoms with E-state index in [4.69, 9.17) is 4.74 Å². The lowest BCUT2D eigenvalue weighted by Gasteiger charge is -2.25. The summed E-state index contributed by atoms with van der Waals surface area (Å²) < 4.78 is 5.96. The lowest BCUT2D eigenvalue weighted by molar-refractivity contribution is 0.480. The van der Waals surface area contributed by atoms with Gasteiger partial charge in [-0.3, -0.25) is 0 Å². The molecule has 1 aliphatic rings. The minimum absolute atomic E-state index is 0.899. The highest BCUT2D eigenvalue weighted by Crippen LogP contribution is 2.44. The average Bonchev–Trinajstić information content (AvgIpc) is 2.43. The summed E-state index contributed by atoms with van der Waals surface area (Å²) in [5, 5.41) is 3.51. The van der Waals surface area contributed by atoms with Gasteiger partial charge in [-0.25, -0.2) is 0 Å². The van der Waals surface area contributed by atoms with Gasteiger partial charge in [0, 0.05) is 0 Å². The van der Waals surface area contributed by atoms with E-state index in [9.17, 15) is 0 Å². The molecule has 3 rings (SSSR count). The molecule has 2 nitrogen and oxygen atoms in total. The third kappa shape index (κ3) is 1.65. The van der Waals surface area contributed by atoms with Gasteiger partial charge in [0.15, 0.2) is 11.5 Å². The van der Waals surface area contributed by atoms with Crippen LogP contribution >= 0.6 is 0 Å². The summed E-state index contributed by atoms with van der Waals surface area (Å²) in [5.74, 6) is 1.83. The molecule has 0 bridgehead atoms. The van der Waals surface area contributed by atoms with Crippen molar-refractivity contribution < 1.29 is 4.74 Å². The van der Waals surface area contributed by atoms with Crippen LogP contribution in [-0.4, -0.2) is 0 Å². The van der Waals surface area contributed by atoms with Crippen molar-refractivity contribution in [1.29, 1.82) is 0 Å². The maximum absolute atomic E-state index is 5.96. The Morgan fingerprint density at radius 3 is 2.56 bits per heavy atom. The molecule has 2 heteroatoms. The van der Waals surface area contributed by atoms with Crippen molar-refractivity contribution in [3.05, 3.63) is 47.5 Å². The molecule has 0 unspecified atom stereocenters. The van der Waals surface area contributed by atoms with Crippen LogP contribution in [0.25, 0.3) is 0 Å². The third-order valence-electron chi connectivity index (χ3n) is 3.47. The zero-order chi connectivity index (χ0) is 12.5. The van der Waals surface area contributed by atoms with Gasteiger partial charge in [-0.1, -0.05) is 32.0 Å². The molecule has 92 valence electrons. The molecule has 1 N–H and O–H groups in total. The van der Waals surface area contributed by atoms with Crippen LogP contribution in [0.1, 0.15) is 25.0 Å². The summed E-state index contributed by atoms with van der Waals surface area (Å²) in [6.07, 6.45) is 2.07. The third-order valence-corrected chi connectivity index (χ3v) is 3.47. The van der Waals surface area contributed by atoms with Crippen LogP contribution in [0.15, 0.2) is 36.4 Å². The molecule has 0 saturated heterocycles. The second-order valence-corrected chi connectivity index (χ2v) is 4.51. The van der Waals surface area contributed by atoms with Crippen LogP contribution in [0.3, 0.4) is 0 Å². The van der Waals surface area contributed by atoms with Crippen LogP contribution < -0.4 is 10.1 Å². The number of anilines is 2. The summed E-state index contributed by atoms with van der Waals surface area (Å²) in [4.78, 5) is 0. The average molecular weight is 239 g/mol. The number of para-hydroxylation sites is 2. The predicted octanol–water partition coefficient (Wildman–Crippen LogP) is 4.66. The zero-order valence-corrected chi connectivity index (χ0v) is 10.8. The Hall–Kier alpha value is -1.96. The number of ether oxygens (including phenoxy) is 1. The molecule has 18 heavy (non-hydrogen) atoms. The van der Waals surface area contributed by atoms with E-state index in [0.717, 1.165) is 35.7 Å². The topological polar surface area (TPSA) is 21.3 Å². The standard InChI is InChI=1S/C16H17NO/c1-3-11-9-10-15-16(12(11)4-2)17-13-7-5-6-8-14(13)18-15/h5-10,17H,3-4H2,1-2H3. The Bertz CT molecular complexity index is 590. The Morgan fingerprint density at radius 2 is 1.78 bits per heavy atom. The molecule has 0 radical (unpaired) electrons. The van der Waals surface area contributed by atoms with Gasteiger partial charge in [0.1, 0.15) is 0 Å². The van der Waals surface area contributed by atoms with E-state index in [2.05, 4.69) is 37.4 Å². The highest BCUT2D eigenvalue weighted by molar-refractivity contribution is 5.78. The first-order chi connectivity index (χ1) is 8.83. The predicted molar refractivity (Wildman–Crippen MR) is 75.0 cm³/mol. The summed E-state index contributed by atoms with van der Waals surface area (Å²) in [6, 6.07) is 12.3. The first-order valence-electron chi connectivity index (χ1n) is 6.52. The molecule has 0 fully saturated rings. The van der Waals surface area contributed by atoms with Crippen LogP contribution in [0.5, 0.6) is 11.5 Å². The second-order valence-electron chi connectivity index (χ2n) is 4.51. The van der Waals surface area contributed by atoms with Gasteiger partial charge in [0.2, 0.25) is 0 Å². The fourth-order valence-corrected chi connectivity index (χ4v) is 2.54. The largest absolute Gasteiger partial charge is 0.453 e. The van der Waals surface area contributed by atoms with Crippen LogP contribution in [0, 0.1) is 0 Å². The summed E-state index contributed by atoms with van der Waals surface area (Å²) >= 11 is 0. The summed E-state index contributed by atoms with van der Waals surface area (Å²) in [5.41, 5.74) is 4.94. The van der Waals surface area contributed by atoms with Crippen molar-refractivity contribution in [1.82, 2.24) is 0 Å². The van der Waals surface area contributed by atoms with Crippen molar-refractivity contribution >= 4 is 11.4 Å². The number of nitrogens with one attached hydrogen (secondary N) is 1. The van der Waals surface area contributed by atoms with Crippen molar-refractivity contribution in [2.75, 3.05) is 5.32 Å². The first-order valence-corrected chi connectivity index (χ1v) is 6.52. The van der Waals surface area contributed by atoms with Crippen molar-refractivity contribution in [3.8, 4) is 11.5 Å². The second kappa shape index (κ2) is 4.37. The lowest BCUT2D eigenvalue weighted by atomic mass is 9.99. The van der Waals surface area contributed by atoms with Gasteiger partial charge in [-0.15, -0.1) is 0 Å². The monoisotopic (exact) mass is 239 g/mol. The molecule has 0 spiro atoms. The molecule has 1 heterocycles. The number of hydrogen-bond acceptors (Lipinski definition) is 2. The quantitative estimate of drug-likeness (QED) is 0.702. The minimum atomic E-state index is 0.899. The van der Waals surface area contributed by atoms with E-state index in [0.29, 0.717) is 0 Å². The number of benzene rings is 2. The lowest BCUT2D eigenvalue weighted by Crippen LogP contribution is -2.07. The molecular formula is C16H17NO. The Balaban J connectivity index is 2.13. The molecule has 0 saturated carbocycles. The van der Waals surface area contributed by atoms with Crippen LogP contribution in [0.2, 0.25) is 0 Å². The maximum atomic E-state index is 5.96. The molecule has 2 aromatic rings. The fraction of sp³-hybridized carbons (Fsp3) is 0.250. The van der Waals surface area contributed by atoms with Gasteiger partial charge in [0.05, 0.1) is 11.4 Å². The van der Waals surface area contributed by atoms with E-state index in [1.165, 1.54) is 11.1 Å². The van der Waals surface area contributed by atoms with E-state index >= 15 is 0 Å². The number of rotatable bonds is 2. The van der Waals surface area contributed by atoms with Gasteiger partial charge in [-0.2, -0.15) is 0 Å². The van der Waals surface area contributed by atoms with E-state index in [-0.39, 0.29) is 0 Å². The number of hydrogen-bond donors (Lipinski definition) is 1. The highest BCUT2D eigenvalue weighted by atomic mass is 16.5. The molecule has 1 aliphatic heterocycles. The van der Waals surface area contributed by atoms with Crippen LogP contribution in [-0.2, 0) is 12.8 Å². The molecule has 0 amide bonds. The fourth-order valence-electron chi connectivity index (χ4n) is 2.54. The smallest absolute Gasteiger partial charge is 0.151 e. The zero-order valence-electron chi connectivity index (χ0n) is 10.8. The maximum Gasteiger partial charge on any atom is 0.151 e. The number of fused-ring (bicyclic) bond motifs is 2. The van der Waals surface area contributed by atoms with Gasteiger partial charge < -0.3 is 10.1 Å². The molecule has 0 aromatic heterocycles. The normalized spacial score (nSPS) is 12.1. The van der Waals surface area contributed by atoms with E-state index in [1.807, 2.05) is 18.2 Å². The van der Waals surface area contributed by atoms with Crippen LogP contribution in [0.4, 0.5) is 11.4 Å². The molecule has 2 aromatic carbocycles. The van der Waals surface area contributed by atoms with E-state index in [1.54, 1.807) is 0 Å². The van der Waals surface area contributed by atoms with Gasteiger partial charge in [-0.05, 0) is 42.2 Å². The van der Waals surface area contributed by atoms with Gasteiger partial charge >= 0.3 is 0 Å². The molecular weight excluding hydrogens is 222 g/mol. The SMILES string of the molecule is CCc1ccc2c(c1CC)Nc1ccccc1O2. The Kier molecular flexibility index (Phi) is 2.71. The Labute approximate surface area is 108 Å². The Morgan fingerprint density at radius 1 is 0.944 bits per heavy atom. The van der Waals surface area contributed by atoms with Crippen molar-refractivity contribution in [3.63, 3.8) is 0 Å². The van der Waals surface area contributed by atoms with E-state index < -0.39 is 0 Å². The summed E-state index contributed by atoms with van der Waals surface area (Å²) in [6.45, 7) is 4.38. The minimum Gasteiger partial charge on any atom is -0.453 e. The number of aryl methyl sites for hydroxylation is 1.